The summed E-state index contributed by atoms with van der Waals surface area (Å²) in [7, 11) is 1.84. The molecule has 0 atom stereocenters. The van der Waals surface area contributed by atoms with Crippen molar-refractivity contribution in [3.05, 3.63) is 58.7 Å². The number of fused-ring (bicyclic) bond motifs is 1. The van der Waals surface area contributed by atoms with Crippen molar-refractivity contribution in [3.8, 4) is 11.3 Å². The van der Waals surface area contributed by atoms with E-state index in [9.17, 15) is 9.59 Å². The number of aryl methyl sites for hydroxylation is 2. The number of hydrogen-bond acceptors (Lipinski definition) is 6. The smallest absolute Gasteiger partial charge is 0.261 e. The second-order valence-electron chi connectivity index (χ2n) is 6.00. The molecule has 27 heavy (non-hydrogen) atoms. The first-order valence-corrected chi connectivity index (χ1v) is 9.17. The molecule has 0 saturated carbocycles. The van der Waals surface area contributed by atoms with Gasteiger partial charge in [-0.05, 0) is 12.1 Å². The number of carbonyl (C=O) groups is 1. The summed E-state index contributed by atoms with van der Waals surface area (Å²) in [6.45, 7) is 0.253. The van der Waals surface area contributed by atoms with Gasteiger partial charge < -0.3 is 5.32 Å². The van der Waals surface area contributed by atoms with Gasteiger partial charge in [0.15, 0.2) is 5.13 Å². The monoisotopic (exact) mass is 380 g/mol. The lowest BCUT2D eigenvalue weighted by Gasteiger charge is -2.06. The standard InChI is InChI=1S/C18H16N6O2S/c1-23-9-12(8-20-23)15-10-27-18(21-15)22-16(25)6-7-24-11-19-14-5-3-2-4-13(14)17(24)26/h2-5,8-11H,6-7H2,1H3,(H,21,22,25). The molecule has 9 heteroatoms. The highest BCUT2D eigenvalue weighted by Gasteiger charge is 2.10. The maximum atomic E-state index is 12.4. The minimum absolute atomic E-state index is 0.151. The second kappa shape index (κ2) is 7.12. The Bertz CT molecular complexity index is 1180. The molecule has 0 fully saturated rings. The number of amides is 1. The molecule has 0 radical (unpaired) electrons. The van der Waals surface area contributed by atoms with Crippen molar-refractivity contribution in [1.82, 2.24) is 24.3 Å². The number of hydrogen-bond donors (Lipinski definition) is 1. The van der Waals surface area contributed by atoms with Crippen molar-refractivity contribution in [1.29, 1.82) is 0 Å². The van der Waals surface area contributed by atoms with Crippen LogP contribution in [0.4, 0.5) is 5.13 Å². The van der Waals surface area contributed by atoms with Crippen LogP contribution in [0.2, 0.25) is 0 Å². The Balaban J connectivity index is 1.41. The minimum atomic E-state index is -0.206. The van der Waals surface area contributed by atoms with Gasteiger partial charge in [-0.3, -0.25) is 18.8 Å². The van der Waals surface area contributed by atoms with Crippen LogP contribution in [0.3, 0.4) is 0 Å². The second-order valence-corrected chi connectivity index (χ2v) is 6.86. The number of aromatic nitrogens is 5. The first kappa shape index (κ1) is 17.1. The Kier molecular flexibility index (Phi) is 4.51. The molecular weight excluding hydrogens is 364 g/mol. The molecule has 0 aliphatic heterocycles. The van der Waals surface area contributed by atoms with Gasteiger partial charge >= 0.3 is 0 Å². The zero-order chi connectivity index (χ0) is 18.8. The summed E-state index contributed by atoms with van der Waals surface area (Å²) >= 11 is 1.35. The first-order chi connectivity index (χ1) is 13.1. The van der Waals surface area contributed by atoms with Crippen LogP contribution in [-0.4, -0.2) is 30.2 Å². The normalized spacial score (nSPS) is 11.0. The van der Waals surface area contributed by atoms with Gasteiger partial charge in [0.25, 0.3) is 5.56 Å². The lowest BCUT2D eigenvalue weighted by molar-refractivity contribution is -0.116. The summed E-state index contributed by atoms with van der Waals surface area (Å²) in [5.41, 5.74) is 2.15. The lowest BCUT2D eigenvalue weighted by Crippen LogP contribution is -2.23. The van der Waals surface area contributed by atoms with Gasteiger partial charge in [0, 0.05) is 37.2 Å². The van der Waals surface area contributed by atoms with Crippen LogP contribution in [0.1, 0.15) is 6.42 Å². The zero-order valence-electron chi connectivity index (χ0n) is 14.5. The number of benzene rings is 1. The SMILES string of the molecule is Cn1cc(-c2csc(NC(=O)CCn3cnc4ccccc4c3=O)n2)cn1. The van der Waals surface area contributed by atoms with E-state index >= 15 is 0 Å². The summed E-state index contributed by atoms with van der Waals surface area (Å²) in [4.78, 5) is 33.3. The molecule has 4 aromatic rings. The number of carbonyl (C=O) groups excluding carboxylic acids is 1. The van der Waals surface area contributed by atoms with E-state index in [1.165, 1.54) is 22.2 Å². The molecule has 8 nitrogen and oxygen atoms in total. The van der Waals surface area contributed by atoms with Crippen molar-refractivity contribution in [3.63, 3.8) is 0 Å². The molecule has 136 valence electrons. The van der Waals surface area contributed by atoms with E-state index in [1.807, 2.05) is 24.7 Å². The summed E-state index contributed by atoms with van der Waals surface area (Å²) in [5, 5.41) is 9.81. The number of anilines is 1. The maximum absolute atomic E-state index is 12.4. The van der Waals surface area contributed by atoms with E-state index in [4.69, 9.17) is 0 Å². The molecule has 0 aliphatic carbocycles. The quantitative estimate of drug-likeness (QED) is 0.573. The molecule has 1 aromatic carbocycles. The predicted molar refractivity (Wildman–Crippen MR) is 104 cm³/mol. The summed E-state index contributed by atoms with van der Waals surface area (Å²) in [6, 6.07) is 7.15. The predicted octanol–water partition coefficient (Wildman–Crippen LogP) is 2.28. The third-order valence-electron chi connectivity index (χ3n) is 4.06. The van der Waals surface area contributed by atoms with Crippen molar-refractivity contribution in [2.24, 2.45) is 7.05 Å². The van der Waals surface area contributed by atoms with Crippen LogP contribution >= 0.6 is 11.3 Å². The lowest BCUT2D eigenvalue weighted by atomic mass is 10.2. The van der Waals surface area contributed by atoms with Crippen molar-refractivity contribution >= 4 is 33.3 Å². The van der Waals surface area contributed by atoms with Gasteiger partial charge in [0.05, 0.1) is 29.1 Å². The van der Waals surface area contributed by atoms with Gasteiger partial charge in [-0.15, -0.1) is 11.3 Å². The Morgan fingerprint density at radius 1 is 1.30 bits per heavy atom. The molecule has 3 aromatic heterocycles. The number of para-hydroxylation sites is 1. The van der Waals surface area contributed by atoms with Crippen LogP contribution in [0, 0.1) is 0 Å². The largest absolute Gasteiger partial charge is 0.302 e. The van der Waals surface area contributed by atoms with Gasteiger partial charge in [0.1, 0.15) is 0 Å². The fourth-order valence-corrected chi connectivity index (χ4v) is 3.42. The molecule has 4 rings (SSSR count). The number of thiazole rings is 1. The Morgan fingerprint density at radius 3 is 2.96 bits per heavy atom. The highest BCUT2D eigenvalue weighted by Crippen LogP contribution is 2.24. The number of nitrogens with zero attached hydrogens (tertiary/aromatic N) is 5. The highest BCUT2D eigenvalue weighted by molar-refractivity contribution is 7.14. The average Bonchev–Trinajstić information content (AvgIpc) is 3.30. The topological polar surface area (TPSA) is 94.7 Å². The third-order valence-corrected chi connectivity index (χ3v) is 4.82. The average molecular weight is 380 g/mol. The Morgan fingerprint density at radius 2 is 2.15 bits per heavy atom. The Labute approximate surface area is 158 Å². The maximum Gasteiger partial charge on any atom is 0.261 e. The zero-order valence-corrected chi connectivity index (χ0v) is 15.3. The summed E-state index contributed by atoms with van der Waals surface area (Å²) in [6.07, 6.45) is 5.21. The highest BCUT2D eigenvalue weighted by atomic mass is 32.1. The Hall–Kier alpha value is -3.33. The molecule has 0 unspecified atom stereocenters. The van der Waals surface area contributed by atoms with Crippen molar-refractivity contribution < 1.29 is 4.79 Å². The summed E-state index contributed by atoms with van der Waals surface area (Å²) < 4.78 is 3.15. The van der Waals surface area contributed by atoms with Gasteiger partial charge in [-0.2, -0.15) is 5.10 Å². The van der Waals surface area contributed by atoms with Crippen LogP contribution in [-0.2, 0) is 18.4 Å². The first-order valence-electron chi connectivity index (χ1n) is 8.29. The van der Waals surface area contributed by atoms with Gasteiger partial charge in [-0.1, -0.05) is 12.1 Å². The molecule has 1 amide bonds. The summed E-state index contributed by atoms with van der Waals surface area (Å²) in [5.74, 6) is -0.206. The molecule has 0 spiro atoms. The molecule has 0 saturated heterocycles. The van der Waals surface area contributed by atoms with Crippen LogP contribution in [0.25, 0.3) is 22.2 Å². The van der Waals surface area contributed by atoms with Crippen LogP contribution in [0.15, 0.2) is 53.2 Å². The fraction of sp³-hybridized carbons (Fsp3) is 0.167. The van der Waals surface area contributed by atoms with Gasteiger partial charge in [-0.25, -0.2) is 9.97 Å². The molecule has 3 heterocycles. The van der Waals surface area contributed by atoms with E-state index in [2.05, 4.69) is 20.4 Å². The van der Waals surface area contributed by atoms with Crippen molar-refractivity contribution in [2.75, 3.05) is 5.32 Å². The third kappa shape index (κ3) is 3.63. The number of nitrogens with one attached hydrogen (secondary N) is 1. The molecule has 1 N–H and O–H groups in total. The van der Waals surface area contributed by atoms with Crippen LogP contribution < -0.4 is 10.9 Å². The van der Waals surface area contributed by atoms with E-state index < -0.39 is 0 Å². The molecular formula is C18H16N6O2S. The number of rotatable bonds is 5. The van der Waals surface area contributed by atoms with Gasteiger partial charge in [0.2, 0.25) is 5.91 Å². The van der Waals surface area contributed by atoms with E-state index in [1.54, 1.807) is 29.1 Å². The van der Waals surface area contributed by atoms with Crippen LogP contribution in [0.5, 0.6) is 0 Å². The van der Waals surface area contributed by atoms with Crippen molar-refractivity contribution in [2.45, 2.75) is 13.0 Å². The molecule has 0 bridgehead atoms. The van der Waals surface area contributed by atoms with E-state index in [0.29, 0.717) is 16.0 Å². The van der Waals surface area contributed by atoms with E-state index in [0.717, 1.165) is 11.3 Å². The minimum Gasteiger partial charge on any atom is -0.302 e. The fourth-order valence-electron chi connectivity index (χ4n) is 2.69. The van der Waals surface area contributed by atoms with E-state index in [-0.39, 0.29) is 24.4 Å². The molecule has 0 aliphatic rings.